The van der Waals surface area contributed by atoms with Gasteiger partial charge in [0.2, 0.25) is 0 Å². The second kappa shape index (κ2) is 8.49. The maximum atomic E-state index is 13.2. The van der Waals surface area contributed by atoms with Crippen LogP contribution in [0.1, 0.15) is 60.4 Å². The van der Waals surface area contributed by atoms with Crippen LogP contribution in [0.4, 0.5) is 11.4 Å². The number of hydrogen-bond donors (Lipinski definition) is 4. The molecule has 1 heterocycles. The van der Waals surface area contributed by atoms with Crippen molar-refractivity contribution in [3.8, 4) is 11.5 Å². The third-order valence-corrected chi connectivity index (χ3v) is 5.14. The Labute approximate surface area is 174 Å². The quantitative estimate of drug-likeness (QED) is 0.249. The van der Waals surface area contributed by atoms with E-state index in [-0.39, 0.29) is 46.4 Å². The van der Waals surface area contributed by atoms with Crippen molar-refractivity contribution < 1.29 is 24.2 Å². The second-order valence-corrected chi connectivity index (χ2v) is 7.38. The minimum atomic E-state index is -0.379. The molecular formula is C23H26N2O5. The highest BCUT2D eigenvalue weighted by Gasteiger charge is 2.24. The number of rotatable bonds is 8. The molecule has 2 aromatic carbocycles. The average Bonchev–Trinajstić information content (AvgIpc) is 3.06. The number of unbranched alkanes of at least 4 members (excludes halogenated alkanes) is 1. The molecule has 0 aliphatic carbocycles. The number of ketones is 2. The zero-order chi connectivity index (χ0) is 22.0. The Bertz CT molecular complexity index is 1110. The molecule has 7 heteroatoms. The Morgan fingerprint density at radius 3 is 2.30 bits per heavy atom. The van der Waals surface area contributed by atoms with Crippen molar-refractivity contribution in [2.45, 2.75) is 46.0 Å². The monoisotopic (exact) mass is 410 g/mol. The average molecular weight is 410 g/mol. The van der Waals surface area contributed by atoms with E-state index in [1.807, 2.05) is 13.8 Å². The summed E-state index contributed by atoms with van der Waals surface area (Å²) in [5.74, 6) is -0.215. The number of benzene rings is 2. The number of Topliss-reactive ketones (excluding diaryl/α,β-unsaturated/α-hetero) is 1. The van der Waals surface area contributed by atoms with Crippen LogP contribution in [-0.2, 0) is 17.6 Å². The molecule has 0 aliphatic heterocycles. The molecule has 6 N–H and O–H groups in total. The molecule has 0 atom stereocenters. The van der Waals surface area contributed by atoms with Gasteiger partial charge in [-0.15, -0.1) is 0 Å². The lowest BCUT2D eigenvalue weighted by atomic mass is 9.96. The molecule has 30 heavy (non-hydrogen) atoms. The zero-order valence-corrected chi connectivity index (χ0v) is 17.1. The molecule has 0 bridgehead atoms. The highest BCUT2D eigenvalue weighted by molar-refractivity contribution is 6.18. The van der Waals surface area contributed by atoms with Gasteiger partial charge in [-0.2, -0.15) is 0 Å². The molecule has 3 rings (SSSR count). The fourth-order valence-electron chi connectivity index (χ4n) is 3.49. The number of carbonyl (C=O) groups excluding carboxylic acids is 2. The number of fused-ring (bicyclic) bond motifs is 1. The molecule has 0 aliphatic rings. The van der Waals surface area contributed by atoms with Crippen molar-refractivity contribution in [2.75, 3.05) is 11.5 Å². The number of aryl methyl sites for hydroxylation is 1. The first-order valence-corrected chi connectivity index (χ1v) is 9.98. The highest BCUT2D eigenvalue weighted by atomic mass is 16.3. The highest BCUT2D eigenvalue weighted by Crippen LogP contribution is 2.36. The molecule has 7 nitrogen and oxygen atoms in total. The van der Waals surface area contributed by atoms with Crippen molar-refractivity contribution in [3.63, 3.8) is 0 Å². The van der Waals surface area contributed by atoms with E-state index in [1.54, 1.807) is 6.07 Å². The van der Waals surface area contributed by atoms with Gasteiger partial charge in [0.05, 0.1) is 16.9 Å². The summed E-state index contributed by atoms with van der Waals surface area (Å²) in [7, 11) is 0. The zero-order valence-electron chi connectivity index (χ0n) is 17.1. The second-order valence-electron chi connectivity index (χ2n) is 7.38. The van der Waals surface area contributed by atoms with E-state index < -0.39 is 0 Å². The summed E-state index contributed by atoms with van der Waals surface area (Å²) in [5, 5.41) is 20.7. The van der Waals surface area contributed by atoms with Crippen LogP contribution in [0.25, 0.3) is 11.0 Å². The van der Waals surface area contributed by atoms with E-state index in [0.29, 0.717) is 40.7 Å². The third kappa shape index (κ3) is 3.96. The predicted molar refractivity (Wildman–Crippen MR) is 116 cm³/mol. The van der Waals surface area contributed by atoms with Crippen molar-refractivity contribution >= 4 is 33.9 Å². The topological polar surface area (TPSA) is 140 Å². The summed E-state index contributed by atoms with van der Waals surface area (Å²) in [6.07, 6.45) is 2.75. The van der Waals surface area contributed by atoms with Gasteiger partial charge in [0.25, 0.3) is 0 Å². The van der Waals surface area contributed by atoms with Crippen LogP contribution in [0.15, 0.2) is 28.7 Å². The SMILES string of the molecule is CCCCC(=O)Cc1cc2oc(CC)c(C(=O)c3cc(N)c(O)c(N)c3)c2cc1O. The van der Waals surface area contributed by atoms with Gasteiger partial charge in [-0.3, -0.25) is 9.59 Å². The van der Waals surface area contributed by atoms with Gasteiger partial charge in [0.15, 0.2) is 11.5 Å². The number of phenols is 2. The lowest BCUT2D eigenvalue weighted by Gasteiger charge is -2.08. The summed E-state index contributed by atoms with van der Waals surface area (Å²) in [6, 6.07) is 5.78. The Kier molecular flexibility index (Phi) is 6.01. The molecule has 0 saturated heterocycles. The minimum absolute atomic E-state index is 0.0000703. The molecular weight excluding hydrogens is 384 g/mol. The fourth-order valence-corrected chi connectivity index (χ4v) is 3.49. The largest absolute Gasteiger partial charge is 0.508 e. The first kappa shape index (κ1) is 21.2. The van der Waals surface area contributed by atoms with E-state index in [0.717, 1.165) is 12.8 Å². The van der Waals surface area contributed by atoms with E-state index in [2.05, 4.69) is 0 Å². The Balaban J connectivity index is 2.06. The summed E-state index contributed by atoms with van der Waals surface area (Å²) >= 11 is 0. The van der Waals surface area contributed by atoms with E-state index in [9.17, 15) is 19.8 Å². The Morgan fingerprint density at radius 2 is 1.70 bits per heavy atom. The summed E-state index contributed by atoms with van der Waals surface area (Å²) in [5.41, 5.74) is 12.9. The number of anilines is 2. The van der Waals surface area contributed by atoms with Crippen molar-refractivity contribution in [1.82, 2.24) is 0 Å². The van der Waals surface area contributed by atoms with Crippen LogP contribution in [0.2, 0.25) is 0 Å². The lowest BCUT2D eigenvalue weighted by Crippen LogP contribution is -2.06. The van der Waals surface area contributed by atoms with Crippen LogP contribution in [0, 0.1) is 0 Å². The summed E-state index contributed by atoms with van der Waals surface area (Å²) in [4.78, 5) is 25.4. The number of nitrogens with two attached hydrogens (primary N) is 2. The number of furan rings is 1. The molecule has 0 spiro atoms. The van der Waals surface area contributed by atoms with E-state index in [4.69, 9.17) is 15.9 Å². The van der Waals surface area contributed by atoms with Crippen molar-refractivity contribution in [2.24, 2.45) is 0 Å². The maximum absolute atomic E-state index is 13.2. The van der Waals surface area contributed by atoms with Gasteiger partial charge < -0.3 is 26.1 Å². The van der Waals surface area contributed by atoms with Crippen molar-refractivity contribution in [1.29, 1.82) is 0 Å². The third-order valence-electron chi connectivity index (χ3n) is 5.14. The first-order chi connectivity index (χ1) is 14.3. The van der Waals surface area contributed by atoms with Gasteiger partial charge in [-0.1, -0.05) is 20.3 Å². The molecule has 158 valence electrons. The summed E-state index contributed by atoms with van der Waals surface area (Å²) < 4.78 is 5.88. The van der Waals surface area contributed by atoms with E-state index in [1.165, 1.54) is 18.2 Å². The Morgan fingerprint density at radius 1 is 1.03 bits per heavy atom. The van der Waals surface area contributed by atoms with Crippen LogP contribution in [0.5, 0.6) is 11.5 Å². The molecule has 0 unspecified atom stereocenters. The molecule has 0 radical (unpaired) electrons. The van der Waals surface area contributed by atoms with Gasteiger partial charge in [-0.25, -0.2) is 0 Å². The van der Waals surface area contributed by atoms with Crippen molar-refractivity contribution in [3.05, 3.63) is 46.7 Å². The number of carbonyl (C=O) groups is 2. The van der Waals surface area contributed by atoms with Gasteiger partial charge in [-0.05, 0) is 30.7 Å². The minimum Gasteiger partial charge on any atom is -0.508 e. The van der Waals surface area contributed by atoms with Crippen LogP contribution < -0.4 is 11.5 Å². The normalized spacial score (nSPS) is 11.1. The van der Waals surface area contributed by atoms with Gasteiger partial charge in [0, 0.05) is 35.8 Å². The smallest absolute Gasteiger partial charge is 0.197 e. The number of phenolic OH excluding ortho intramolecular Hbond substituents is 2. The predicted octanol–water partition coefficient (Wildman–Crippen LogP) is 4.10. The fraction of sp³-hybridized carbons (Fsp3) is 0.304. The van der Waals surface area contributed by atoms with Crippen LogP contribution in [-0.4, -0.2) is 21.8 Å². The molecule has 0 fully saturated rings. The Hall–Kier alpha value is -3.48. The standard InChI is InChI=1S/C23H26N2O5/c1-3-5-6-14(26)7-12-10-20-15(11-18(12)27)21(19(4-2)30-20)22(28)13-8-16(24)23(29)17(25)9-13/h8-11,27,29H,3-7,24-25H2,1-2H3. The van der Waals surface area contributed by atoms with Crippen LogP contribution in [0.3, 0.4) is 0 Å². The van der Waals surface area contributed by atoms with Gasteiger partial charge in [0.1, 0.15) is 22.9 Å². The molecule has 0 amide bonds. The summed E-state index contributed by atoms with van der Waals surface area (Å²) in [6.45, 7) is 3.86. The van der Waals surface area contributed by atoms with E-state index >= 15 is 0 Å². The number of aromatic hydroxyl groups is 2. The lowest BCUT2D eigenvalue weighted by molar-refractivity contribution is -0.118. The maximum Gasteiger partial charge on any atom is 0.197 e. The van der Waals surface area contributed by atoms with Gasteiger partial charge >= 0.3 is 0 Å². The number of nitrogen functional groups attached to an aromatic ring is 2. The molecule has 1 aromatic heterocycles. The first-order valence-electron chi connectivity index (χ1n) is 9.98. The van der Waals surface area contributed by atoms with Crippen LogP contribution >= 0.6 is 0 Å². The molecule has 0 saturated carbocycles. The number of hydrogen-bond acceptors (Lipinski definition) is 7. The molecule has 3 aromatic rings.